The van der Waals surface area contributed by atoms with Crippen LogP contribution in [0.25, 0.3) is 4.85 Å². The smallest absolute Gasteiger partial charge is 0.491 e. The average Bonchev–Trinajstić information content (AvgIpc) is 3.12. The molecule has 9 heteroatoms. The van der Waals surface area contributed by atoms with E-state index in [4.69, 9.17) is 30.2 Å². The van der Waals surface area contributed by atoms with Gasteiger partial charge in [0.15, 0.2) is 6.29 Å². The highest BCUT2D eigenvalue weighted by Gasteiger charge is 2.27. The Bertz CT molecular complexity index is 897. The molecule has 1 saturated heterocycles. The van der Waals surface area contributed by atoms with Crippen LogP contribution in [0.5, 0.6) is 17.4 Å². The summed E-state index contributed by atoms with van der Waals surface area (Å²) in [5.74, 6) is 1.26. The van der Waals surface area contributed by atoms with Gasteiger partial charge in [-0.3, -0.25) is 0 Å². The van der Waals surface area contributed by atoms with Crippen molar-refractivity contribution in [2.45, 2.75) is 32.2 Å². The zero-order chi connectivity index (χ0) is 20.1. The Hall–Kier alpha value is -2.64. The number of hydrogen-bond acceptors (Lipinski definition) is 7. The fourth-order valence-electron chi connectivity index (χ4n) is 3.23. The number of nitrogens with zero attached hydrogens (tertiary/aromatic N) is 2. The molecule has 4 rings (SSSR count). The van der Waals surface area contributed by atoms with Gasteiger partial charge in [-0.25, -0.2) is 9.83 Å². The van der Waals surface area contributed by atoms with Crippen LogP contribution in [0.4, 0.5) is 5.69 Å². The molecule has 0 radical (unpaired) electrons. The minimum Gasteiger partial charge on any atom is -0.502 e. The van der Waals surface area contributed by atoms with Crippen molar-refractivity contribution in [3.8, 4) is 17.4 Å². The lowest BCUT2D eigenvalue weighted by atomic mass is 9.80. The lowest BCUT2D eigenvalue weighted by Crippen LogP contribution is -2.27. The number of hydrogen-bond donors (Lipinski definition) is 1. The van der Waals surface area contributed by atoms with Gasteiger partial charge < -0.3 is 28.6 Å². The summed E-state index contributed by atoms with van der Waals surface area (Å²) < 4.78 is 27.9. The zero-order valence-corrected chi connectivity index (χ0v) is 15.9. The molecule has 150 valence electrons. The van der Waals surface area contributed by atoms with E-state index in [0.29, 0.717) is 42.9 Å². The number of rotatable bonds is 7. The molecule has 2 aliphatic rings. The fraction of sp³-hybridized carbons (Fsp3) is 0.400. The molecule has 0 bridgehead atoms. The average molecular weight is 396 g/mol. The molecule has 1 fully saturated rings. The van der Waals surface area contributed by atoms with Crippen molar-refractivity contribution in [1.82, 2.24) is 4.98 Å². The Balaban J connectivity index is 1.37. The van der Waals surface area contributed by atoms with E-state index in [1.54, 1.807) is 24.3 Å². The summed E-state index contributed by atoms with van der Waals surface area (Å²) >= 11 is 0. The molecule has 0 aliphatic carbocycles. The predicted molar refractivity (Wildman–Crippen MR) is 104 cm³/mol. The van der Waals surface area contributed by atoms with Crippen LogP contribution in [0.2, 0.25) is 0 Å². The summed E-state index contributed by atoms with van der Waals surface area (Å²) in [5.41, 5.74) is 1.91. The van der Waals surface area contributed by atoms with E-state index >= 15 is 0 Å². The highest BCUT2D eigenvalue weighted by molar-refractivity contribution is 6.61. The highest BCUT2D eigenvalue weighted by atomic mass is 16.7. The molecule has 1 atom stereocenters. The fourth-order valence-corrected chi connectivity index (χ4v) is 3.23. The first kappa shape index (κ1) is 19.7. The maximum atomic E-state index is 9.70. The quantitative estimate of drug-likeness (QED) is 0.438. The van der Waals surface area contributed by atoms with Gasteiger partial charge in [0.2, 0.25) is 11.6 Å². The molecule has 0 amide bonds. The Morgan fingerprint density at radius 2 is 2.21 bits per heavy atom. The van der Waals surface area contributed by atoms with E-state index in [9.17, 15) is 5.02 Å². The molecular weight excluding hydrogens is 375 g/mol. The van der Waals surface area contributed by atoms with E-state index in [-0.39, 0.29) is 6.29 Å². The Labute approximate surface area is 169 Å². The molecule has 8 nitrogen and oxygen atoms in total. The van der Waals surface area contributed by atoms with Crippen LogP contribution < -0.4 is 14.9 Å². The molecule has 0 saturated carbocycles. The first-order valence-electron chi connectivity index (χ1n) is 9.57. The van der Waals surface area contributed by atoms with Crippen molar-refractivity contribution in [3.05, 3.63) is 47.4 Å². The molecular formula is C20H21BN2O6. The second-order valence-corrected chi connectivity index (χ2v) is 6.74. The van der Waals surface area contributed by atoms with E-state index in [1.807, 2.05) is 0 Å². The SMILES string of the molecule is [C-]#[N+]c1cnc(Oc2ccc3c(c2)COB3O)cc1OCCOC1CCCCO1. The van der Waals surface area contributed by atoms with Gasteiger partial charge in [-0.15, -0.1) is 0 Å². The van der Waals surface area contributed by atoms with Gasteiger partial charge in [0.25, 0.3) is 0 Å². The van der Waals surface area contributed by atoms with E-state index in [2.05, 4.69) is 9.83 Å². The van der Waals surface area contributed by atoms with Crippen LogP contribution in [0, 0.1) is 6.57 Å². The molecule has 1 aromatic carbocycles. The normalized spacial score (nSPS) is 18.2. The second-order valence-electron chi connectivity index (χ2n) is 6.74. The Morgan fingerprint density at radius 3 is 3.03 bits per heavy atom. The monoisotopic (exact) mass is 396 g/mol. The topological polar surface area (TPSA) is 83.6 Å². The lowest BCUT2D eigenvalue weighted by Gasteiger charge is -2.22. The summed E-state index contributed by atoms with van der Waals surface area (Å²) in [5, 5.41) is 9.70. The van der Waals surface area contributed by atoms with Gasteiger partial charge in [0.1, 0.15) is 18.1 Å². The second kappa shape index (κ2) is 9.24. The van der Waals surface area contributed by atoms with E-state index in [1.165, 1.54) is 6.20 Å². The standard InChI is InChI=1S/C20H21BN2O6/c1-22-17-12-23-19(29-15-5-6-16-14(10-15)13-28-21(16)24)11-18(17)25-8-9-27-20-4-2-3-7-26-20/h5-6,10-12,20,24H,2-4,7-9,13H2. The summed E-state index contributed by atoms with van der Waals surface area (Å²) in [6.45, 7) is 9.01. The number of fused-ring (bicyclic) bond motifs is 1. The maximum Gasteiger partial charge on any atom is 0.491 e. The largest absolute Gasteiger partial charge is 0.502 e. The van der Waals surface area contributed by atoms with E-state index in [0.717, 1.165) is 36.9 Å². The number of ether oxygens (including phenoxy) is 4. The van der Waals surface area contributed by atoms with Gasteiger partial charge in [-0.1, -0.05) is 6.07 Å². The van der Waals surface area contributed by atoms with Crippen molar-refractivity contribution in [3.63, 3.8) is 0 Å². The molecule has 1 N–H and O–H groups in total. The van der Waals surface area contributed by atoms with Gasteiger partial charge in [-0.05, 0) is 42.4 Å². The number of benzene rings is 1. The van der Waals surface area contributed by atoms with Crippen molar-refractivity contribution < 1.29 is 28.6 Å². The maximum absolute atomic E-state index is 9.70. The summed E-state index contributed by atoms with van der Waals surface area (Å²) in [4.78, 5) is 7.61. The van der Waals surface area contributed by atoms with Crippen LogP contribution in [0.1, 0.15) is 24.8 Å². The summed E-state index contributed by atoms with van der Waals surface area (Å²) in [6, 6.07) is 6.88. The Kier molecular flexibility index (Phi) is 6.27. The van der Waals surface area contributed by atoms with Crippen LogP contribution in [-0.4, -0.2) is 43.2 Å². The molecule has 1 aromatic heterocycles. The van der Waals surface area contributed by atoms with Crippen molar-refractivity contribution in [2.75, 3.05) is 19.8 Å². The Morgan fingerprint density at radius 1 is 1.28 bits per heavy atom. The molecule has 1 unspecified atom stereocenters. The first-order chi connectivity index (χ1) is 14.2. The molecule has 29 heavy (non-hydrogen) atoms. The van der Waals surface area contributed by atoms with Crippen LogP contribution >= 0.6 is 0 Å². The predicted octanol–water partition coefficient (Wildman–Crippen LogP) is 2.56. The minimum absolute atomic E-state index is 0.175. The van der Waals surface area contributed by atoms with Crippen LogP contribution in [0.15, 0.2) is 30.5 Å². The van der Waals surface area contributed by atoms with Crippen molar-refractivity contribution in [2.24, 2.45) is 0 Å². The molecule has 2 aromatic rings. The summed E-state index contributed by atoms with van der Waals surface area (Å²) in [6.07, 6.45) is 4.31. The zero-order valence-electron chi connectivity index (χ0n) is 15.9. The molecule has 2 aliphatic heterocycles. The van der Waals surface area contributed by atoms with Crippen LogP contribution in [-0.2, 0) is 20.7 Å². The van der Waals surface area contributed by atoms with Gasteiger partial charge in [-0.2, -0.15) is 0 Å². The van der Waals surface area contributed by atoms with Gasteiger partial charge >= 0.3 is 7.12 Å². The van der Waals surface area contributed by atoms with Crippen LogP contribution in [0.3, 0.4) is 0 Å². The third kappa shape index (κ3) is 4.86. The van der Waals surface area contributed by atoms with Gasteiger partial charge in [0, 0.05) is 18.9 Å². The third-order valence-corrected chi connectivity index (χ3v) is 4.72. The number of pyridine rings is 1. The first-order valence-corrected chi connectivity index (χ1v) is 9.57. The molecule has 3 heterocycles. The molecule has 0 spiro atoms. The van der Waals surface area contributed by atoms with Gasteiger partial charge in [0.05, 0.1) is 19.8 Å². The third-order valence-electron chi connectivity index (χ3n) is 4.72. The number of aromatic nitrogens is 1. The van der Waals surface area contributed by atoms with Crippen molar-refractivity contribution in [1.29, 1.82) is 0 Å². The van der Waals surface area contributed by atoms with E-state index < -0.39 is 7.12 Å². The minimum atomic E-state index is -0.892. The lowest BCUT2D eigenvalue weighted by molar-refractivity contribution is -0.165. The highest BCUT2D eigenvalue weighted by Crippen LogP contribution is 2.32. The van der Waals surface area contributed by atoms with Crippen molar-refractivity contribution >= 4 is 18.3 Å². The summed E-state index contributed by atoms with van der Waals surface area (Å²) in [7, 11) is -0.892.